The van der Waals surface area contributed by atoms with E-state index in [9.17, 15) is 13.6 Å². The molecule has 0 aliphatic heterocycles. The maximum atomic E-state index is 12.6. The Kier molecular flexibility index (Phi) is 4.85. The molecule has 0 aliphatic rings. The predicted molar refractivity (Wildman–Crippen MR) is 62.6 cm³/mol. The monoisotopic (exact) mass is 361 g/mol. The predicted octanol–water partition coefficient (Wildman–Crippen LogP) is 2.99. The van der Waals surface area contributed by atoms with Crippen LogP contribution in [0.1, 0.15) is 17.7 Å². The first-order valence-electron chi connectivity index (χ1n) is 4.15. The van der Waals surface area contributed by atoms with Crippen molar-refractivity contribution in [2.45, 2.75) is 12.8 Å². The third-order valence-electron chi connectivity index (χ3n) is 1.81. The molecule has 0 spiro atoms. The topological polar surface area (TPSA) is 39.2 Å². The second-order valence-electron chi connectivity index (χ2n) is 2.86. The molecule has 3 nitrogen and oxygen atoms in total. The Morgan fingerprint density at radius 3 is 2.81 bits per heavy atom. The lowest BCUT2D eigenvalue weighted by Crippen LogP contribution is -2.09. The van der Waals surface area contributed by atoms with E-state index in [0.717, 1.165) is 0 Å². The van der Waals surface area contributed by atoms with Gasteiger partial charge >= 0.3 is 5.97 Å². The van der Waals surface area contributed by atoms with Gasteiger partial charge in [0, 0.05) is 0 Å². The second-order valence-corrected chi connectivity index (χ2v) is 4.29. The molecule has 1 rings (SSSR count). The van der Waals surface area contributed by atoms with Crippen molar-refractivity contribution < 1.29 is 18.3 Å². The van der Waals surface area contributed by atoms with Gasteiger partial charge in [-0.15, -0.1) is 0 Å². The zero-order valence-electron chi connectivity index (χ0n) is 8.14. The Bertz CT molecular complexity index is 415. The number of esters is 1. The SMILES string of the molecule is COC(=O)Cc1cc(Cl)c(I)nc1C(F)F. The minimum absolute atomic E-state index is 0.0901. The third-order valence-corrected chi connectivity index (χ3v) is 3.24. The summed E-state index contributed by atoms with van der Waals surface area (Å²) in [5.74, 6) is -0.610. The number of alkyl halides is 2. The first-order chi connectivity index (χ1) is 7.45. The van der Waals surface area contributed by atoms with E-state index >= 15 is 0 Å². The molecule has 7 heteroatoms. The Morgan fingerprint density at radius 1 is 1.69 bits per heavy atom. The minimum atomic E-state index is -2.74. The number of methoxy groups -OCH3 is 1. The molecule has 0 N–H and O–H groups in total. The van der Waals surface area contributed by atoms with Crippen molar-refractivity contribution in [3.8, 4) is 0 Å². The number of aromatic nitrogens is 1. The van der Waals surface area contributed by atoms with E-state index in [1.165, 1.54) is 13.2 Å². The van der Waals surface area contributed by atoms with Crippen LogP contribution >= 0.6 is 34.2 Å². The molecule has 1 heterocycles. The lowest BCUT2D eigenvalue weighted by Gasteiger charge is -2.08. The fraction of sp³-hybridized carbons (Fsp3) is 0.333. The normalized spacial score (nSPS) is 10.6. The number of hydrogen-bond acceptors (Lipinski definition) is 3. The van der Waals surface area contributed by atoms with Gasteiger partial charge in [0.1, 0.15) is 9.39 Å². The van der Waals surface area contributed by atoms with Gasteiger partial charge in [0.15, 0.2) is 0 Å². The molecule has 16 heavy (non-hydrogen) atoms. The standard InChI is InChI=1S/C9H7ClF2INO2/c1-16-6(15)3-4-2-5(10)9(13)14-7(4)8(11)12/h2,8H,3H2,1H3. The van der Waals surface area contributed by atoms with Crippen LogP contribution in [0, 0.1) is 3.70 Å². The first-order valence-corrected chi connectivity index (χ1v) is 5.61. The highest BCUT2D eigenvalue weighted by Gasteiger charge is 2.19. The van der Waals surface area contributed by atoms with Gasteiger partial charge in [0.2, 0.25) is 0 Å². The fourth-order valence-corrected chi connectivity index (χ4v) is 1.67. The fourth-order valence-electron chi connectivity index (χ4n) is 1.08. The van der Waals surface area contributed by atoms with Crippen molar-refractivity contribution >= 4 is 40.2 Å². The van der Waals surface area contributed by atoms with Gasteiger partial charge in [-0.05, 0) is 34.2 Å². The molecular formula is C9H7ClF2INO2. The largest absolute Gasteiger partial charge is 0.469 e. The van der Waals surface area contributed by atoms with Gasteiger partial charge in [-0.2, -0.15) is 0 Å². The average molecular weight is 362 g/mol. The molecule has 0 aromatic carbocycles. The molecule has 0 radical (unpaired) electrons. The highest BCUT2D eigenvalue weighted by Crippen LogP contribution is 2.27. The number of nitrogens with zero attached hydrogens (tertiary/aromatic N) is 1. The Morgan fingerprint density at radius 2 is 2.31 bits per heavy atom. The lowest BCUT2D eigenvalue weighted by atomic mass is 10.1. The summed E-state index contributed by atoms with van der Waals surface area (Å²) in [5.41, 5.74) is -0.341. The van der Waals surface area contributed by atoms with E-state index in [0.29, 0.717) is 0 Å². The lowest BCUT2D eigenvalue weighted by molar-refractivity contribution is -0.139. The second kappa shape index (κ2) is 5.72. The van der Waals surface area contributed by atoms with E-state index < -0.39 is 18.1 Å². The number of carbonyl (C=O) groups is 1. The van der Waals surface area contributed by atoms with Crippen molar-refractivity contribution in [1.82, 2.24) is 4.98 Å². The summed E-state index contributed by atoms with van der Waals surface area (Å²) >= 11 is 7.50. The first kappa shape index (κ1) is 13.6. The smallest absolute Gasteiger partial charge is 0.310 e. The maximum absolute atomic E-state index is 12.6. The van der Waals surface area contributed by atoms with Crippen molar-refractivity contribution in [2.75, 3.05) is 7.11 Å². The van der Waals surface area contributed by atoms with Crippen LogP contribution in [0.15, 0.2) is 6.07 Å². The van der Waals surface area contributed by atoms with Gasteiger partial charge in [-0.25, -0.2) is 13.8 Å². The molecule has 88 valence electrons. The number of halogens is 4. The van der Waals surface area contributed by atoms with Crippen LogP contribution in [0.25, 0.3) is 0 Å². The van der Waals surface area contributed by atoms with E-state index in [1.54, 1.807) is 22.6 Å². The number of rotatable bonds is 3. The molecule has 0 saturated heterocycles. The highest BCUT2D eigenvalue weighted by molar-refractivity contribution is 14.1. The van der Waals surface area contributed by atoms with Crippen molar-refractivity contribution in [1.29, 1.82) is 0 Å². The summed E-state index contributed by atoms with van der Waals surface area (Å²) in [4.78, 5) is 14.7. The molecule has 0 unspecified atom stereocenters. The van der Waals surface area contributed by atoms with Crippen molar-refractivity contribution in [2.24, 2.45) is 0 Å². The Labute approximate surface area is 109 Å². The highest BCUT2D eigenvalue weighted by atomic mass is 127. The van der Waals surface area contributed by atoms with Crippen molar-refractivity contribution in [3.05, 3.63) is 26.0 Å². The maximum Gasteiger partial charge on any atom is 0.310 e. The molecular weight excluding hydrogens is 354 g/mol. The number of ether oxygens (including phenoxy) is 1. The van der Waals surface area contributed by atoms with Crippen LogP contribution in [0.4, 0.5) is 8.78 Å². The van der Waals surface area contributed by atoms with E-state index in [4.69, 9.17) is 11.6 Å². The van der Waals surface area contributed by atoms with E-state index in [2.05, 4.69) is 9.72 Å². The van der Waals surface area contributed by atoms with Gasteiger partial charge in [-0.3, -0.25) is 4.79 Å². The summed E-state index contributed by atoms with van der Waals surface area (Å²) < 4.78 is 29.9. The molecule has 0 saturated carbocycles. The van der Waals surface area contributed by atoms with Crippen LogP contribution in [0.5, 0.6) is 0 Å². The van der Waals surface area contributed by atoms with E-state index in [1.807, 2.05) is 0 Å². The van der Waals surface area contributed by atoms with Gasteiger partial charge < -0.3 is 4.74 Å². The molecule has 0 atom stereocenters. The summed E-state index contributed by atoms with van der Waals surface area (Å²) in [6.07, 6.45) is -3.01. The zero-order chi connectivity index (χ0) is 12.3. The molecule has 0 amide bonds. The van der Waals surface area contributed by atoms with Crippen molar-refractivity contribution in [3.63, 3.8) is 0 Å². The zero-order valence-corrected chi connectivity index (χ0v) is 11.1. The number of hydrogen-bond donors (Lipinski definition) is 0. The third kappa shape index (κ3) is 3.24. The van der Waals surface area contributed by atoms with Crippen LogP contribution in [-0.2, 0) is 16.0 Å². The molecule has 0 bridgehead atoms. The Balaban J connectivity index is 3.14. The van der Waals surface area contributed by atoms with Gasteiger partial charge in [0.05, 0.1) is 18.6 Å². The molecule has 1 aromatic heterocycles. The van der Waals surface area contributed by atoms with Gasteiger partial charge in [0.25, 0.3) is 6.43 Å². The number of pyridine rings is 1. The quantitative estimate of drug-likeness (QED) is 0.472. The summed E-state index contributed by atoms with van der Waals surface area (Å²) in [5, 5.41) is 0.240. The average Bonchev–Trinajstić information content (AvgIpc) is 2.22. The van der Waals surface area contributed by atoms with Crippen LogP contribution in [-0.4, -0.2) is 18.1 Å². The minimum Gasteiger partial charge on any atom is -0.469 e. The van der Waals surface area contributed by atoms with Gasteiger partial charge in [-0.1, -0.05) is 11.6 Å². The molecule has 1 aromatic rings. The Hall–Kier alpha value is -0.500. The summed E-state index contributed by atoms with van der Waals surface area (Å²) in [6, 6.07) is 1.31. The summed E-state index contributed by atoms with van der Waals surface area (Å²) in [7, 11) is 1.19. The van der Waals surface area contributed by atoms with Crippen LogP contribution in [0.3, 0.4) is 0 Å². The van der Waals surface area contributed by atoms with Crippen LogP contribution in [0.2, 0.25) is 5.02 Å². The van der Waals surface area contributed by atoms with E-state index in [-0.39, 0.29) is 20.7 Å². The summed E-state index contributed by atoms with van der Waals surface area (Å²) in [6.45, 7) is 0. The molecule has 0 aliphatic carbocycles. The molecule has 0 fully saturated rings. The number of carbonyl (C=O) groups excluding carboxylic acids is 1. The van der Waals surface area contributed by atoms with Crippen LogP contribution < -0.4 is 0 Å².